The average molecular weight is 350 g/mol. The summed E-state index contributed by atoms with van der Waals surface area (Å²) in [6.07, 6.45) is 0.544. The van der Waals surface area contributed by atoms with E-state index in [1.165, 1.54) is 5.56 Å². The summed E-state index contributed by atoms with van der Waals surface area (Å²) in [4.78, 5) is 18.5. The van der Waals surface area contributed by atoms with Crippen molar-refractivity contribution < 1.29 is 9.90 Å². The van der Waals surface area contributed by atoms with E-state index in [4.69, 9.17) is 5.11 Å². The number of carboxylic acids is 1. The van der Waals surface area contributed by atoms with E-state index in [1.54, 1.807) is 0 Å². The molecule has 0 spiro atoms. The first kappa shape index (κ1) is 14.1. The minimum Gasteiger partial charge on any atom is -0.481 e. The summed E-state index contributed by atoms with van der Waals surface area (Å²) in [5.41, 5.74) is 4.07. The van der Waals surface area contributed by atoms with Crippen LogP contribution in [0.3, 0.4) is 0 Å². The van der Waals surface area contributed by atoms with Gasteiger partial charge in [-0.3, -0.25) is 9.20 Å². The van der Waals surface area contributed by atoms with E-state index in [-0.39, 0.29) is 6.42 Å². The second-order valence-electron chi connectivity index (χ2n) is 5.46. The van der Waals surface area contributed by atoms with Gasteiger partial charge in [0, 0.05) is 12.1 Å². The molecule has 3 aromatic rings. The number of aliphatic carboxylic acids is 1. The highest BCUT2D eigenvalue weighted by Crippen LogP contribution is 2.28. The van der Waals surface area contributed by atoms with Crippen LogP contribution in [0.15, 0.2) is 22.8 Å². The lowest BCUT2D eigenvalue weighted by Crippen LogP contribution is -1.98. The molecule has 2 heterocycles. The van der Waals surface area contributed by atoms with Gasteiger partial charge in [0.2, 0.25) is 5.78 Å². The Bertz CT molecular complexity index is 832. The summed E-state index contributed by atoms with van der Waals surface area (Å²) in [5.74, 6) is 0.378. The normalized spacial score (nSPS) is 11.8. The van der Waals surface area contributed by atoms with Gasteiger partial charge in [-0.25, -0.2) is 4.98 Å². The number of fused-ring (bicyclic) bond motifs is 3. The fourth-order valence-corrected chi connectivity index (χ4v) is 3.11. The predicted octanol–water partition coefficient (Wildman–Crippen LogP) is 3.72. The van der Waals surface area contributed by atoms with Gasteiger partial charge >= 0.3 is 5.97 Å². The maximum absolute atomic E-state index is 10.7. The van der Waals surface area contributed by atoms with Crippen LogP contribution in [0, 0.1) is 0 Å². The highest BCUT2D eigenvalue weighted by molar-refractivity contribution is 9.10. The van der Waals surface area contributed by atoms with Crippen LogP contribution >= 0.6 is 15.9 Å². The molecule has 0 saturated heterocycles. The number of carboxylic acid groups (broad SMARTS) is 1. The van der Waals surface area contributed by atoms with Crippen molar-refractivity contribution in [3.8, 4) is 0 Å². The van der Waals surface area contributed by atoms with Gasteiger partial charge in [0.05, 0.1) is 17.5 Å². The van der Waals surface area contributed by atoms with Gasteiger partial charge in [-0.2, -0.15) is 0 Å². The number of aromatic nitrogens is 3. The number of nitrogens with zero attached hydrogens (tertiary/aromatic N) is 2. The quantitative estimate of drug-likeness (QED) is 0.753. The first-order valence-electron chi connectivity index (χ1n) is 6.87. The SMILES string of the molecule is CC(C)c1ccc2nc3[nH]c(CCC(=O)O)c(Br)n3c2c1. The van der Waals surface area contributed by atoms with E-state index in [0.717, 1.165) is 27.1 Å². The molecule has 2 N–H and O–H groups in total. The van der Waals surface area contributed by atoms with Gasteiger partial charge in [-0.15, -0.1) is 0 Å². The van der Waals surface area contributed by atoms with Crippen LogP contribution in [0.4, 0.5) is 0 Å². The third kappa shape index (κ3) is 2.44. The molecule has 6 heteroatoms. The van der Waals surface area contributed by atoms with E-state index in [9.17, 15) is 4.79 Å². The van der Waals surface area contributed by atoms with E-state index in [2.05, 4.69) is 51.9 Å². The summed E-state index contributed by atoms with van der Waals surface area (Å²) >= 11 is 3.56. The largest absolute Gasteiger partial charge is 0.481 e. The van der Waals surface area contributed by atoms with Crippen LogP contribution in [-0.2, 0) is 11.2 Å². The zero-order valence-electron chi connectivity index (χ0n) is 11.9. The number of hydrogen-bond donors (Lipinski definition) is 2. The van der Waals surface area contributed by atoms with Crippen LogP contribution in [0.25, 0.3) is 16.8 Å². The average Bonchev–Trinajstić information content (AvgIpc) is 2.92. The molecule has 3 rings (SSSR count). The number of aryl methyl sites for hydroxylation is 1. The standard InChI is InChI=1S/C15H16BrN3O2/c1-8(2)9-3-4-10-12(7-9)19-14(16)11(5-6-13(20)21)18-15(19)17-10/h3-4,7-8H,5-6H2,1-2H3,(H,17,18)(H,20,21). The second-order valence-corrected chi connectivity index (χ2v) is 6.21. The summed E-state index contributed by atoms with van der Waals surface area (Å²) in [7, 11) is 0. The van der Waals surface area contributed by atoms with Crippen molar-refractivity contribution in [1.82, 2.24) is 14.4 Å². The molecule has 0 aliphatic carbocycles. The number of hydrogen-bond acceptors (Lipinski definition) is 2. The molecule has 0 unspecified atom stereocenters. The van der Waals surface area contributed by atoms with Crippen molar-refractivity contribution >= 4 is 38.7 Å². The first-order valence-corrected chi connectivity index (χ1v) is 7.67. The van der Waals surface area contributed by atoms with Gasteiger partial charge < -0.3 is 10.1 Å². The van der Waals surface area contributed by atoms with Gasteiger partial charge in [0.1, 0.15) is 4.60 Å². The van der Waals surface area contributed by atoms with E-state index < -0.39 is 5.97 Å². The maximum atomic E-state index is 10.7. The van der Waals surface area contributed by atoms with E-state index in [0.29, 0.717) is 12.3 Å². The molecule has 0 atom stereocenters. The van der Waals surface area contributed by atoms with Crippen molar-refractivity contribution in [1.29, 1.82) is 0 Å². The number of benzene rings is 1. The smallest absolute Gasteiger partial charge is 0.303 e. The molecular weight excluding hydrogens is 334 g/mol. The van der Waals surface area contributed by atoms with Crippen LogP contribution in [0.2, 0.25) is 0 Å². The van der Waals surface area contributed by atoms with Crippen molar-refractivity contribution in [2.45, 2.75) is 32.6 Å². The lowest BCUT2D eigenvalue weighted by atomic mass is 10.0. The van der Waals surface area contributed by atoms with Gasteiger partial charge in [-0.1, -0.05) is 19.9 Å². The number of nitrogens with one attached hydrogen (secondary N) is 1. The Morgan fingerprint density at radius 2 is 2.24 bits per heavy atom. The minimum absolute atomic E-state index is 0.0947. The molecule has 0 saturated carbocycles. The molecule has 0 radical (unpaired) electrons. The molecule has 0 aliphatic rings. The molecule has 1 aromatic carbocycles. The third-order valence-corrected chi connectivity index (χ3v) is 4.48. The summed E-state index contributed by atoms with van der Waals surface area (Å²) in [6, 6.07) is 6.26. The fourth-order valence-electron chi connectivity index (χ4n) is 2.45. The van der Waals surface area contributed by atoms with Gasteiger partial charge in [-0.05, 0) is 39.5 Å². The Hall–Kier alpha value is -1.82. The number of H-pyrrole nitrogens is 1. The molecule has 0 fully saturated rings. The Morgan fingerprint density at radius 1 is 1.48 bits per heavy atom. The number of halogens is 1. The highest BCUT2D eigenvalue weighted by atomic mass is 79.9. The lowest BCUT2D eigenvalue weighted by Gasteiger charge is -2.05. The number of imidazole rings is 2. The van der Waals surface area contributed by atoms with Crippen LogP contribution in [0.5, 0.6) is 0 Å². The zero-order valence-corrected chi connectivity index (χ0v) is 13.4. The molecular formula is C15H16BrN3O2. The monoisotopic (exact) mass is 349 g/mol. The lowest BCUT2D eigenvalue weighted by molar-refractivity contribution is -0.136. The van der Waals surface area contributed by atoms with Crippen molar-refractivity contribution in [2.24, 2.45) is 0 Å². The van der Waals surface area contributed by atoms with Gasteiger partial charge in [0.15, 0.2) is 0 Å². The molecule has 2 aromatic heterocycles. The Balaban J connectivity index is 2.14. The number of rotatable bonds is 4. The van der Waals surface area contributed by atoms with Crippen LogP contribution in [-0.4, -0.2) is 25.4 Å². The van der Waals surface area contributed by atoms with Crippen molar-refractivity contribution in [3.05, 3.63) is 34.1 Å². The minimum atomic E-state index is -0.805. The summed E-state index contributed by atoms with van der Waals surface area (Å²) in [6.45, 7) is 4.31. The van der Waals surface area contributed by atoms with Crippen molar-refractivity contribution in [2.75, 3.05) is 0 Å². The predicted molar refractivity (Wildman–Crippen MR) is 84.8 cm³/mol. The first-order chi connectivity index (χ1) is 9.97. The fraction of sp³-hybridized carbons (Fsp3) is 0.333. The molecule has 5 nitrogen and oxygen atoms in total. The molecule has 0 amide bonds. The third-order valence-electron chi connectivity index (χ3n) is 3.64. The number of aromatic amines is 1. The van der Waals surface area contributed by atoms with Crippen LogP contribution in [0.1, 0.15) is 37.4 Å². The zero-order chi connectivity index (χ0) is 15.1. The summed E-state index contributed by atoms with van der Waals surface area (Å²) < 4.78 is 2.85. The Morgan fingerprint density at radius 3 is 2.90 bits per heavy atom. The Labute approximate surface area is 130 Å². The summed E-state index contributed by atoms with van der Waals surface area (Å²) in [5, 5.41) is 8.81. The molecule has 110 valence electrons. The maximum Gasteiger partial charge on any atom is 0.303 e. The van der Waals surface area contributed by atoms with Crippen molar-refractivity contribution in [3.63, 3.8) is 0 Å². The van der Waals surface area contributed by atoms with E-state index >= 15 is 0 Å². The van der Waals surface area contributed by atoms with Gasteiger partial charge in [0.25, 0.3) is 0 Å². The topological polar surface area (TPSA) is 70.4 Å². The van der Waals surface area contributed by atoms with Crippen LogP contribution < -0.4 is 0 Å². The number of carbonyl (C=O) groups is 1. The van der Waals surface area contributed by atoms with E-state index in [1.807, 2.05) is 10.5 Å². The molecule has 0 bridgehead atoms. The molecule has 21 heavy (non-hydrogen) atoms. The second kappa shape index (κ2) is 5.18. The molecule has 0 aliphatic heterocycles. The highest BCUT2D eigenvalue weighted by Gasteiger charge is 2.15. The Kier molecular flexibility index (Phi) is 3.49.